The van der Waals surface area contributed by atoms with Crippen molar-refractivity contribution in [3.05, 3.63) is 30.5 Å². The molecule has 1 aromatic heterocycles. The van der Waals surface area contributed by atoms with Crippen LogP contribution in [0.4, 0.5) is 10.6 Å². The molecule has 6 heteroatoms. The number of amides is 1. The maximum atomic E-state index is 10.4. The average Bonchev–Trinajstić information content (AvgIpc) is 2.42. The Bertz CT molecular complexity index is 586. The van der Waals surface area contributed by atoms with Crippen molar-refractivity contribution in [1.82, 2.24) is 4.98 Å². The van der Waals surface area contributed by atoms with Gasteiger partial charge in [-0.25, -0.2) is 9.78 Å². The van der Waals surface area contributed by atoms with Crippen LogP contribution in [0.2, 0.25) is 0 Å². The molecule has 0 atom stereocenters. The van der Waals surface area contributed by atoms with E-state index in [1.165, 1.54) is 0 Å². The molecule has 6 nitrogen and oxygen atoms in total. The van der Waals surface area contributed by atoms with Gasteiger partial charge in [-0.1, -0.05) is 12.1 Å². The fourth-order valence-electron chi connectivity index (χ4n) is 1.82. The first-order valence-corrected chi connectivity index (χ1v) is 5.80. The third-order valence-electron chi connectivity index (χ3n) is 2.62. The maximum Gasteiger partial charge on any atom is 0.404 e. The lowest BCUT2D eigenvalue weighted by molar-refractivity contribution is 0.161. The number of anilines is 1. The molecule has 0 radical (unpaired) electrons. The Balaban J connectivity index is 2.17. The number of carbonyl (C=O) groups is 1. The summed E-state index contributed by atoms with van der Waals surface area (Å²) < 4.78 is 9.94. The average molecular weight is 261 g/mol. The molecular weight excluding hydrogens is 246 g/mol. The molecule has 1 aromatic carbocycles. The van der Waals surface area contributed by atoms with Gasteiger partial charge in [0, 0.05) is 17.0 Å². The zero-order chi connectivity index (χ0) is 13.7. The van der Waals surface area contributed by atoms with Crippen molar-refractivity contribution in [2.24, 2.45) is 5.73 Å². The Kier molecular flexibility index (Phi) is 4.02. The number of nitrogens with one attached hydrogen (secondary N) is 1. The molecule has 0 spiro atoms. The van der Waals surface area contributed by atoms with Crippen LogP contribution in [0.5, 0.6) is 5.75 Å². The second-order valence-electron chi connectivity index (χ2n) is 3.81. The molecule has 0 saturated carbocycles. The van der Waals surface area contributed by atoms with Crippen LogP contribution in [0, 0.1) is 0 Å². The first kappa shape index (κ1) is 12.9. The van der Waals surface area contributed by atoms with E-state index in [2.05, 4.69) is 15.0 Å². The summed E-state index contributed by atoms with van der Waals surface area (Å²) in [5.41, 5.74) is 4.88. The molecule has 2 aromatic rings. The minimum absolute atomic E-state index is 0.192. The van der Waals surface area contributed by atoms with Gasteiger partial charge in [0.25, 0.3) is 0 Å². The zero-order valence-corrected chi connectivity index (χ0v) is 10.6. The zero-order valence-electron chi connectivity index (χ0n) is 10.6. The molecule has 0 aliphatic carbocycles. The fourth-order valence-corrected chi connectivity index (χ4v) is 1.82. The summed E-state index contributed by atoms with van der Waals surface area (Å²) in [6, 6.07) is 7.62. The number of rotatable bonds is 5. The molecule has 0 fully saturated rings. The van der Waals surface area contributed by atoms with E-state index in [9.17, 15) is 4.79 Å². The minimum atomic E-state index is -0.783. The van der Waals surface area contributed by atoms with Crippen LogP contribution in [-0.4, -0.2) is 31.3 Å². The summed E-state index contributed by atoms with van der Waals surface area (Å²) in [7, 11) is 1.63. The van der Waals surface area contributed by atoms with Crippen molar-refractivity contribution in [2.45, 2.75) is 0 Å². The van der Waals surface area contributed by atoms with Gasteiger partial charge in [0.15, 0.2) is 0 Å². The van der Waals surface area contributed by atoms with Crippen LogP contribution in [0.1, 0.15) is 0 Å². The van der Waals surface area contributed by atoms with Crippen molar-refractivity contribution < 1.29 is 14.3 Å². The number of methoxy groups -OCH3 is 1. The summed E-state index contributed by atoms with van der Waals surface area (Å²) in [6.45, 7) is 0.629. The summed E-state index contributed by atoms with van der Waals surface area (Å²) in [4.78, 5) is 14.7. The van der Waals surface area contributed by atoms with Gasteiger partial charge in [-0.15, -0.1) is 0 Å². The molecular formula is C13H15N3O3. The van der Waals surface area contributed by atoms with Gasteiger partial charge < -0.3 is 20.5 Å². The highest BCUT2D eigenvalue weighted by Gasteiger charge is 2.05. The van der Waals surface area contributed by atoms with Crippen molar-refractivity contribution in [3.63, 3.8) is 0 Å². The molecule has 0 aliphatic rings. The van der Waals surface area contributed by atoms with Crippen LogP contribution in [0.3, 0.4) is 0 Å². The fraction of sp³-hybridized carbons (Fsp3) is 0.231. The topological polar surface area (TPSA) is 86.5 Å². The van der Waals surface area contributed by atoms with Crippen molar-refractivity contribution in [3.8, 4) is 5.75 Å². The van der Waals surface area contributed by atoms with E-state index in [4.69, 9.17) is 10.5 Å². The predicted molar refractivity (Wildman–Crippen MR) is 72.3 cm³/mol. The number of fused-ring (bicyclic) bond motifs is 1. The van der Waals surface area contributed by atoms with Gasteiger partial charge in [-0.3, -0.25) is 0 Å². The predicted octanol–water partition coefficient (Wildman–Crippen LogP) is 1.75. The molecule has 0 saturated heterocycles. The molecule has 100 valence electrons. The Morgan fingerprint density at radius 3 is 2.95 bits per heavy atom. The van der Waals surface area contributed by atoms with Crippen molar-refractivity contribution in [1.29, 1.82) is 0 Å². The number of ether oxygens (including phenoxy) is 2. The summed E-state index contributed by atoms with van der Waals surface area (Å²) in [6.07, 6.45) is 0.914. The van der Waals surface area contributed by atoms with Crippen molar-refractivity contribution >= 4 is 22.7 Å². The Morgan fingerprint density at radius 1 is 1.37 bits per heavy atom. The Labute approximate surface area is 110 Å². The number of benzene rings is 1. The summed E-state index contributed by atoms with van der Waals surface area (Å²) >= 11 is 0. The number of hydrogen-bond donors (Lipinski definition) is 2. The number of nitrogens with two attached hydrogens (primary N) is 1. The SMILES string of the molecule is COc1cccc2c(NCCOC(N)=O)nccc12. The highest BCUT2D eigenvalue weighted by molar-refractivity contribution is 5.95. The van der Waals surface area contributed by atoms with E-state index < -0.39 is 6.09 Å². The lowest BCUT2D eigenvalue weighted by Crippen LogP contribution is -2.18. The van der Waals surface area contributed by atoms with Gasteiger partial charge in [-0.05, 0) is 12.1 Å². The Morgan fingerprint density at radius 2 is 2.21 bits per heavy atom. The Hall–Kier alpha value is -2.50. The number of hydrogen-bond acceptors (Lipinski definition) is 5. The van der Waals surface area contributed by atoms with Gasteiger partial charge in [0.1, 0.15) is 18.2 Å². The number of nitrogens with zero attached hydrogens (tertiary/aromatic N) is 1. The van der Waals surface area contributed by atoms with Crippen LogP contribution < -0.4 is 15.8 Å². The second kappa shape index (κ2) is 5.90. The standard InChI is InChI=1S/C13H15N3O3/c1-18-11-4-2-3-10-9(11)5-6-15-12(10)16-7-8-19-13(14)17/h2-6H,7-8H2,1H3,(H2,14,17)(H,15,16). The number of pyridine rings is 1. The molecule has 0 unspecified atom stereocenters. The molecule has 0 aliphatic heterocycles. The minimum Gasteiger partial charge on any atom is -0.496 e. The molecule has 1 amide bonds. The lowest BCUT2D eigenvalue weighted by Gasteiger charge is -2.10. The smallest absolute Gasteiger partial charge is 0.404 e. The third kappa shape index (κ3) is 3.04. The van der Waals surface area contributed by atoms with E-state index >= 15 is 0 Å². The van der Waals surface area contributed by atoms with Gasteiger partial charge in [0.2, 0.25) is 0 Å². The second-order valence-corrected chi connectivity index (χ2v) is 3.81. The molecule has 2 rings (SSSR count). The van der Waals surface area contributed by atoms with Gasteiger partial charge >= 0.3 is 6.09 Å². The molecule has 3 N–H and O–H groups in total. The van der Waals surface area contributed by atoms with E-state index in [0.717, 1.165) is 16.5 Å². The largest absolute Gasteiger partial charge is 0.496 e. The lowest BCUT2D eigenvalue weighted by atomic mass is 10.1. The van der Waals surface area contributed by atoms with Gasteiger partial charge in [0.05, 0.1) is 13.7 Å². The van der Waals surface area contributed by atoms with Crippen LogP contribution in [0.15, 0.2) is 30.5 Å². The van der Waals surface area contributed by atoms with E-state index in [1.54, 1.807) is 13.3 Å². The molecule has 19 heavy (non-hydrogen) atoms. The van der Waals surface area contributed by atoms with Crippen LogP contribution in [-0.2, 0) is 4.74 Å². The molecule has 1 heterocycles. The van der Waals surface area contributed by atoms with E-state index in [1.807, 2.05) is 24.3 Å². The van der Waals surface area contributed by atoms with Crippen LogP contribution in [0.25, 0.3) is 10.8 Å². The molecule has 0 bridgehead atoms. The van der Waals surface area contributed by atoms with Crippen molar-refractivity contribution in [2.75, 3.05) is 25.6 Å². The highest BCUT2D eigenvalue weighted by Crippen LogP contribution is 2.28. The quantitative estimate of drug-likeness (QED) is 0.801. The first-order chi connectivity index (χ1) is 9.22. The summed E-state index contributed by atoms with van der Waals surface area (Å²) in [5.74, 6) is 1.50. The summed E-state index contributed by atoms with van der Waals surface area (Å²) in [5, 5.41) is 5.01. The number of aromatic nitrogens is 1. The van der Waals surface area contributed by atoms with E-state index in [0.29, 0.717) is 12.4 Å². The highest BCUT2D eigenvalue weighted by atomic mass is 16.5. The van der Waals surface area contributed by atoms with Crippen LogP contribution >= 0.6 is 0 Å². The monoisotopic (exact) mass is 261 g/mol. The van der Waals surface area contributed by atoms with E-state index in [-0.39, 0.29) is 6.61 Å². The third-order valence-corrected chi connectivity index (χ3v) is 2.62. The number of carbonyl (C=O) groups excluding carboxylic acids is 1. The first-order valence-electron chi connectivity index (χ1n) is 5.80. The van der Waals surface area contributed by atoms with Gasteiger partial charge in [-0.2, -0.15) is 0 Å². The maximum absolute atomic E-state index is 10.4. The normalized spacial score (nSPS) is 10.2. The number of primary amides is 1.